The third kappa shape index (κ3) is 1.78. The highest BCUT2D eigenvalue weighted by molar-refractivity contribution is 5.88. The second-order valence-electron chi connectivity index (χ2n) is 5.29. The quantitative estimate of drug-likeness (QED) is 0.568. The Morgan fingerprint density at radius 3 is 2.57 bits per heavy atom. The van der Waals surface area contributed by atoms with Crippen molar-refractivity contribution < 1.29 is 0 Å². The molecule has 0 radical (unpaired) electrons. The number of hydrogen-bond acceptors (Lipinski definition) is 2. The first-order valence-electron chi connectivity index (χ1n) is 6.96. The number of nitrogen functional groups attached to an aromatic ring is 1. The minimum absolute atomic E-state index is 0.684. The fourth-order valence-corrected chi connectivity index (χ4v) is 2.77. The molecule has 2 N–H and O–H groups in total. The molecular formula is C18H15N3. The first-order chi connectivity index (χ1) is 10.2. The molecule has 0 aliphatic carbocycles. The number of aromatic nitrogens is 2. The summed E-state index contributed by atoms with van der Waals surface area (Å²) < 4.78 is 1.94. The second kappa shape index (κ2) is 4.35. The average Bonchev–Trinajstić information content (AvgIpc) is 2.86. The van der Waals surface area contributed by atoms with E-state index >= 15 is 0 Å². The maximum Gasteiger partial charge on any atom is 0.142 e. The average molecular weight is 273 g/mol. The van der Waals surface area contributed by atoms with Gasteiger partial charge in [0.2, 0.25) is 0 Å². The van der Waals surface area contributed by atoms with Crippen LogP contribution in [0.2, 0.25) is 0 Å². The predicted octanol–water partition coefficient (Wildman–Crippen LogP) is 4.05. The smallest absolute Gasteiger partial charge is 0.142 e. The van der Waals surface area contributed by atoms with Gasteiger partial charge in [0.1, 0.15) is 17.2 Å². The van der Waals surface area contributed by atoms with Crippen LogP contribution in [0, 0.1) is 6.92 Å². The number of imidazole rings is 1. The molecule has 102 valence electrons. The molecule has 3 nitrogen and oxygen atoms in total. The Balaban J connectivity index is 1.99. The summed E-state index contributed by atoms with van der Waals surface area (Å²) in [4.78, 5) is 4.73. The standard InChI is InChI=1S/C18H15N3/c1-12-5-4-10-21-17(19)16(20-18(12)21)15-9-8-13-6-2-3-7-14(13)11-15/h2-11H,19H2,1H3. The molecule has 2 aromatic carbocycles. The first kappa shape index (κ1) is 12.0. The number of pyridine rings is 1. The summed E-state index contributed by atoms with van der Waals surface area (Å²) in [6, 6.07) is 18.7. The van der Waals surface area contributed by atoms with E-state index in [1.54, 1.807) is 0 Å². The lowest BCUT2D eigenvalue weighted by Crippen LogP contribution is -1.94. The Hall–Kier alpha value is -2.81. The van der Waals surface area contributed by atoms with Crippen molar-refractivity contribution in [1.82, 2.24) is 9.38 Å². The highest BCUT2D eigenvalue weighted by Gasteiger charge is 2.12. The highest BCUT2D eigenvalue weighted by atomic mass is 15.1. The van der Waals surface area contributed by atoms with E-state index in [0.717, 1.165) is 22.5 Å². The van der Waals surface area contributed by atoms with Gasteiger partial charge in [-0.05, 0) is 35.4 Å². The van der Waals surface area contributed by atoms with E-state index in [0.29, 0.717) is 5.82 Å². The summed E-state index contributed by atoms with van der Waals surface area (Å²) in [7, 11) is 0. The summed E-state index contributed by atoms with van der Waals surface area (Å²) >= 11 is 0. The minimum Gasteiger partial charge on any atom is -0.383 e. The van der Waals surface area contributed by atoms with Crippen LogP contribution < -0.4 is 5.73 Å². The lowest BCUT2D eigenvalue weighted by atomic mass is 10.1. The minimum atomic E-state index is 0.684. The number of nitrogens with two attached hydrogens (primary N) is 1. The van der Waals surface area contributed by atoms with Crippen LogP contribution in [0.3, 0.4) is 0 Å². The van der Waals surface area contributed by atoms with Gasteiger partial charge in [0.25, 0.3) is 0 Å². The zero-order valence-electron chi connectivity index (χ0n) is 11.7. The van der Waals surface area contributed by atoms with Gasteiger partial charge in [-0.1, -0.05) is 42.5 Å². The van der Waals surface area contributed by atoms with Crippen molar-refractivity contribution in [2.75, 3.05) is 5.73 Å². The van der Waals surface area contributed by atoms with Gasteiger partial charge in [-0.2, -0.15) is 0 Å². The van der Waals surface area contributed by atoms with Gasteiger partial charge in [0.05, 0.1) is 0 Å². The normalized spacial score (nSPS) is 11.3. The topological polar surface area (TPSA) is 43.3 Å². The van der Waals surface area contributed by atoms with Crippen LogP contribution in [0.5, 0.6) is 0 Å². The molecule has 2 aromatic heterocycles. The lowest BCUT2D eigenvalue weighted by Gasteiger charge is -2.02. The van der Waals surface area contributed by atoms with E-state index < -0.39 is 0 Å². The van der Waals surface area contributed by atoms with Gasteiger partial charge >= 0.3 is 0 Å². The van der Waals surface area contributed by atoms with Crippen molar-refractivity contribution in [3.05, 3.63) is 66.4 Å². The fraction of sp³-hybridized carbons (Fsp3) is 0.0556. The van der Waals surface area contributed by atoms with Crippen molar-refractivity contribution >= 4 is 22.2 Å². The van der Waals surface area contributed by atoms with Gasteiger partial charge in [-0.3, -0.25) is 4.40 Å². The van der Waals surface area contributed by atoms with E-state index in [9.17, 15) is 0 Å². The molecule has 0 saturated carbocycles. The predicted molar refractivity (Wildman–Crippen MR) is 87.3 cm³/mol. The Labute approximate surface area is 122 Å². The number of fused-ring (bicyclic) bond motifs is 2. The van der Waals surface area contributed by atoms with E-state index in [4.69, 9.17) is 10.7 Å². The van der Waals surface area contributed by atoms with Crippen LogP contribution in [-0.2, 0) is 0 Å². The molecule has 0 atom stereocenters. The molecule has 0 aliphatic heterocycles. The monoisotopic (exact) mass is 273 g/mol. The van der Waals surface area contributed by atoms with E-state index in [1.165, 1.54) is 10.8 Å². The molecule has 3 heteroatoms. The van der Waals surface area contributed by atoms with Crippen LogP contribution in [0.1, 0.15) is 5.56 Å². The van der Waals surface area contributed by atoms with E-state index in [2.05, 4.69) is 30.3 Å². The van der Waals surface area contributed by atoms with Gasteiger partial charge < -0.3 is 5.73 Å². The molecule has 0 saturated heterocycles. The molecule has 2 heterocycles. The van der Waals surface area contributed by atoms with Gasteiger partial charge in [-0.25, -0.2) is 4.98 Å². The third-order valence-electron chi connectivity index (χ3n) is 3.91. The van der Waals surface area contributed by atoms with E-state index in [-0.39, 0.29) is 0 Å². The van der Waals surface area contributed by atoms with Crippen molar-refractivity contribution in [3.8, 4) is 11.3 Å². The molecule has 4 rings (SSSR count). The van der Waals surface area contributed by atoms with Crippen LogP contribution in [0.15, 0.2) is 60.8 Å². The SMILES string of the molecule is Cc1cccn2c(N)c(-c3ccc4ccccc4c3)nc12. The maximum absolute atomic E-state index is 6.28. The van der Waals surface area contributed by atoms with Crippen LogP contribution in [-0.4, -0.2) is 9.38 Å². The Morgan fingerprint density at radius 1 is 0.952 bits per heavy atom. The number of nitrogens with zero attached hydrogens (tertiary/aromatic N) is 2. The molecule has 0 fully saturated rings. The number of rotatable bonds is 1. The Bertz CT molecular complexity index is 967. The summed E-state index contributed by atoms with van der Waals surface area (Å²) in [5.41, 5.74) is 10.2. The first-order valence-corrected chi connectivity index (χ1v) is 6.96. The van der Waals surface area contributed by atoms with Crippen LogP contribution in [0.4, 0.5) is 5.82 Å². The number of anilines is 1. The fourth-order valence-electron chi connectivity index (χ4n) is 2.77. The Kier molecular flexibility index (Phi) is 2.48. The zero-order valence-corrected chi connectivity index (χ0v) is 11.7. The summed E-state index contributed by atoms with van der Waals surface area (Å²) in [6.07, 6.45) is 1.95. The highest BCUT2D eigenvalue weighted by Crippen LogP contribution is 2.29. The third-order valence-corrected chi connectivity index (χ3v) is 3.91. The maximum atomic E-state index is 6.28. The van der Waals surface area contributed by atoms with Gasteiger partial charge in [0.15, 0.2) is 0 Å². The number of benzene rings is 2. The molecule has 0 amide bonds. The van der Waals surface area contributed by atoms with Crippen molar-refractivity contribution in [2.45, 2.75) is 6.92 Å². The van der Waals surface area contributed by atoms with Crippen molar-refractivity contribution in [2.24, 2.45) is 0 Å². The zero-order chi connectivity index (χ0) is 14.4. The summed E-state index contributed by atoms with van der Waals surface area (Å²) in [5, 5.41) is 2.42. The largest absolute Gasteiger partial charge is 0.383 e. The van der Waals surface area contributed by atoms with Crippen LogP contribution >= 0.6 is 0 Å². The molecule has 0 spiro atoms. The molecule has 0 aliphatic rings. The molecule has 21 heavy (non-hydrogen) atoms. The number of aryl methyl sites for hydroxylation is 1. The van der Waals surface area contributed by atoms with Gasteiger partial charge in [0, 0.05) is 11.8 Å². The molecule has 0 unspecified atom stereocenters. The molecule has 4 aromatic rings. The summed E-state index contributed by atoms with van der Waals surface area (Å²) in [6.45, 7) is 2.05. The van der Waals surface area contributed by atoms with E-state index in [1.807, 2.05) is 41.8 Å². The molecular weight excluding hydrogens is 258 g/mol. The Morgan fingerprint density at radius 2 is 1.76 bits per heavy atom. The second-order valence-corrected chi connectivity index (χ2v) is 5.29. The van der Waals surface area contributed by atoms with Crippen molar-refractivity contribution in [3.63, 3.8) is 0 Å². The summed E-state index contributed by atoms with van der Waals surface area (Å²) in [5.74, 6) is 0.684. The molecule has 0 bridgehead atoms. The van der Waals surface area contributed by atoms with Crippen LogP contribution in [0.25, 0.3) is 27.7 Å². The lowest BCUT2D eigenvalue weighted by molar-refractivity contribution is 1.17. The van der Waals surface area contributed by atoms with Gasteiger partial charge in [-0.15, -0.1) is 0 Å². The number of hydrogen-bond donors (Lipinski definition) is 1. The van der Waals surface area contributed by atoms with Crippen molar-refractivity contribution in [1.29, 1.82) is 0 Å².